The van der Waals surface area contributed by atoms with Crippen molar-refractivity contribution < 1.29 is 19.9 Å². The standard InChI is InChI=1S/C56H106N2O4/c1-3-5-7-9-11-13-15-17-19-21-23-25-27-33-39-45-51-57(60)53-47-41-35-29-30-37-43-49-55-62-56(59)50-44-38-32-31-36-42-48-54-58(61)52-46-40-34-28-26-24-22-20-18-16-14-12-10-8-6-4-2/h11-14,17-20,60-61H,3-10,15-16,21-55H2,1-2H3/b13-11-,14-12-,19-17-,20-18-. The van der Waals surface area contributed by atoms with Crippen LogP contribution < -0.4 is 0 Å². The highest BCUT2D eigenvalue weighted by Gasteiger charge is 2.05. The van der Waals surface area contributed by atoms with Crippen molar-refractivity contribution in [3.63, 3.8) is 0 Å². The van der Waals surface area contributed by atoms with Crippen LogP contribution in [0.4, 0.5) is 0 Å². The summed E-state index contributed by atoms with van der Waals surface area (Å²) in [6.45, 7) is 8.27. The second-order valence-electron chi connectivity index (χ2n) is 18.3. The first-order valence-corrected chi connectivity index (χ1v) is 27.2. The number of rotatable bonds is 51. The Labute approximate surface area is 386 Å². The minimum Gasteiger partial charge on any atom is -0.466 e. The molecule has 0 heterocycles. The summed E-state index contributed by atoms with van der Waals surface area (Å²) in [5.41, 5.74) is 0. The van der Waals surface area contributed by atoms with Gasteiger partial charge in [0.15, 0.2) is 0 Å². The molecular weight excluding hydrogens is 765 g/mol. The molecule has 0 saturated carbocycles. The van der Waals surface area contributed by atoms with Crippen LogP contribution in [-0.2, 0) is 9.53 Å². The van der Waals surface area contributed by atoms with Gasteiger partial charge in [0.2, 0.25) is 0 Å². The lowest BCUT2D eigenvalue weighted by Crippen LogP contribution is -2.21. The highest BCUT2D eigenvalue weighted by atomic mass is 16.5. The van der Waals surface area contributed by atoms with Crippen LogP contribution in [-0.4, -0.2) is 59.3 Å². The van der Waals surface area contributed by atoms with Gasteiger partial charge in [-0.15, -0.1) is 0 Å². The summed E-state index contributed by atoms with van der Waals surface area (Å²) < 4.78 is 5.47. The Bertz CT molecular complexity index is 994. The van der Waals surface area contributed by atoms with Gasteiger partial charge in [-0.3, -0.25) is 4.79 Å². The predicted octanol–water partition coefficient (Wildman–Crippen LogP) is 17.8. The molecule has 2 N–H and O–H groups in total. The fourth-order valence-electron chi connectivity index (χ4n) is 7.95. The van der Waals surface area contributed by atoms with Gasteiger partial charge in [0.25, 0.3) is 0 Å². The van der Waals surface area contributed by atoms with Crippen LogP contribution in [0.15, 0.2) is 48.6 Å². The van der Waals surface area contributed by atoms with E-state index in [1.165, 1.54) is 191 Å². The number of carbonyl (C=O) groups is 1. The summed E-state index contributed by atoms with van der Waals surface area (Å²) in [6.07, 6.45) is 66.4. The number of ether oxygens (including phenoxy) is 1. The molecule has 0 rings (SSSR count). The van der Waals surface area contributed by atoms with Crippen LogP contribution in [0, 0.1) is 0 Å². The number of hydroxylamine groups is 4. The maximum absolute atomic E-state index is 12.1. The molecule has 0 aliphatic heterocycles. The molecule has 6 heteroatoms. The topological polar surface area (TPSA) is 73.2 Å². The molecule has 0 saturated heterocycles. The Kier molecular flexibility index (Phi) is 52.1. The highest BCUT2D eigenvalue weighted by molar-refractivity contribution is 5.69. The summed E-state index contributed by atoms with van der Waals surface area (Å²) in [7, 11) is 0. The third-order valence-corrected chi connectivity index (χ3v) is 12.1. The van der Waals surface area contributed by atoms with Gasteiger partial charge in [-0.05, 0) is 103 Å². The Balaban J connectivity index is 3.33. The van der Waals surface area contributed by atoms with Crippen LogP contribution in [0.25, 0.3) is 0 Å². The van der Waals surface area contributed by atoms with E-state index >= 15 is 0 Å². The van der Waals surface area contributed by atoms with Crippen molar-refractivity contribution in [3.8, 4) is 0 Å². The number of esters is 1. The monoisotopic (exact) mass is 871 g/mol. The second kappa shape index (κ2) is 53.6. The first-order chi connectivity index (χ1) is 30.6. The minimum atomic E-state index is -0.0308. The number of allylic oxidation sites excluding steroid dienone is 8. The number of hydrogen-bond acceptors (Lipinski definition) is 6. The van der Waals surface area contributed by atoms with Gasteiger partial charge in [-0.2, -0.15) is 10.1 Å². The van der Waals surface area contributed by atoms with E-state index in [9.17, 15) is 15.2 Å². The third kappa shape index (κ3) is 52.6. The van der Waals surface area contributed by atoms with Gasteiger partial charge < -0.3 is 15.2 Å². The van der Waals surface area contributed by atoms with Gasteiger partial charge in [-0.25, -0.2) is 0 Å². The van der Waals surface area contributed by atoms with Gasteiger partial charge in [-0.1, -0.05) is 210 Å². The van der Waals surface area contributed by atoms with Crippen LogP contribution in [0.2, 0.25) is 0 Å². The second-order valence-corrected chi connectivity index (χ2v) is 18.3. The normalized spacial score (nSPS) is 12.3. The third-order valence-electron chi connectivity index (χ3n) is 12.1. The molecule has 0 aliphatic rings. The van der Waals surface area contributed by atoms with Gasteiger partial charge in [0.1, 0.15) is 0 Å². The van der Waals surface area contributed by atoms with Crippen molar-refractivity contribution in [1.29, 1.82) is 0 Å². The van der Waals surface area contributed by atoms with Crippen molar-refractivity contribution in [1.82, 2.24) is 10.1 Å². The quantitative estimate of drug-likeness (QED) is 0.0275. The highest BCUT2D eigenvalue weighted by Crippen LogP contribution is 2.14. The molecule has 0 fully saturated rings. The van der Waals surface area contributed by atoms with Crippen LogP contribution in [0.5, 0.6) is 0 Å². The van der Waals surface area contributed by atoms with Crippen LogP contribution in [0.1, 0.15) is 271 Å². The van der Waals surface area contributed by atoms with E-state index in [1.54, 1.807) is 5.06 Å². The summed E-state index contributed by atoms with van der Waals surface area (Å²) in [4.78, 5) is 12.1. The van der Waals surface area contributed by atoms with Crippen molar-refractivity contribution >= 4 is 5.97 Å². The first-order valence-electron chi connectivity index (χ1n) is 27.2. The fraction of sp³-hybridized carbons (Fsp3) is 0.839. The van der Waals surface area contributed by atoms with Crippen molar-refractivity contribution in [3.05, 3.63) is 48.6 Å². The van der Waals surface area contributed by atoms with Crippen molar-refractivity contribution in [2.75, 3.05) is 32.8 Å². The molecular formula is C56H106N2O4. The summed E-state index contributed by atoms with van der Waals surface area (Å²) in [5.74, 6) is -0.0308. The lowest BCUT2D eigenvalue weighted by atomic mass is 10.1. The molecule has 62 heavy (non-hydrogen) atoms. The predicted molar refractivity (Wildman–Crippen MR) is 270 cm³/mol. The zero-order valence-electron chi connectivity index (χ0n) is 41.5. The average molecular weight is 871 g/mol. The van der Waals surface area contributed by atoms with Crippen LogP contribution in [0.3, 0.4) is 0 Å². The molecule has 0 spiro atoms. The Hall–Kier alpha value is -1.73. The van der Waals surface area contributed by atoms with E-state index in [2.05, 4.69) is 62.5 Å². The number of carbonyl (C=O) groups excluding carboxylic acids is 1. The summed E-state index contributed by atoms with van der Waals surface area (Å²) >= 11 is 0. The van der Waals surface area contributed by atoms with Gasteiger partial charge >= 0.3 is 5.97 Å². The number of unbranched alkanes of at least 4 members (excludes halogenated alkanes) is 31. The number of nitrogens with zero attached hydrogens (tertiary/aromatic N) is 2. The Morgan fingerprint density at radius 3 is 0.968 bits per heavy atom. The zero-order valence-corrected chi connectivity index (χ0v) is 41.5. The lowest BCUT2D eigenvalue weighted by molar-refractivity contribution is -0.143. The molecule has 0 unspecified atom stereocenters. The molecule has 0 aliphatic carbocycles. The minimum absolute atomic E-state index is 0.0308. The largest absolute Gasteiger partial charge is 0.466 e. The molecule has 0 amide bonds. The van der Waals surface area contributed by atoms with E-state index in [0.29, 0.717) is 13.0 Å². The summed E-state index contributed by atoms with van der Waals surface area (Å²) in [6, 6.07) is 0. The molecule has 6 nitrogen and oxygen atoms in total. The first kappa shape index (κ1) is 60.3. The van der Waals surface area contributed by atoms with E-state index in [0.717, 1.165) is 90.4 Å². The SMILES string of the molecule is CCCCC/C=C\C/C=C\CCCCCCCCN(O)CCCCCCCCCCOC(=O)CCCCCCCCCN(O)CCCCCCCC/C=C\C/C=C\CCCCC. The molecule has 0 aromatic carbocycles. The molecule has 0 bridgehead atoms. The molecule has 0 aromatic rings. The van der Waals surface area contributed by atoms with Crippen molar-refractivity contribution in [2.24, 2.45) is 0 Å². The Morgan fingerprint density at radius 1 is 0.355 bits per heavy atom. The lowest BCUT2D eigenvalue weighted by Gasteiger charge is -2.14. The van der Waals surface area contributed by atoms with E-state index in [1.807, 2.05) is 0 Å². The summed E-state index contributed by atoms with van der Waals surface area (Å²) in [5, 5.41) is 23.5. The molecule has 364 valence electrons. The van der Waals surface area contributed by atoms with Crippen LogP contribution >= 0.6 is 0 Å². The van der Waals surface area contributed by atoms with Crippen molar-refractivity contribution in [2.45, 2.75) is 271 Å². The van der Waals surface area contributed by atoms with E-state index in [4.69, 9.17) is 4.74 Å². The number of hydrogen-bond donors (Lipinski definition) is 2. The Morgan fingerprint density at radius 2 is 0.629 bits per heavy atom. The molecule has 0 radical (unpaired) electrons. The maximum atomic E-state index is 12.1. The van der Waals surface area contributed by atoms with Gasteiger partial charge in [0.05, 0.1) is 6.61 Å². The smallest absolute Gasteiger partial charge is 0.305 e. The molecule has 0 atom stereocenters. The average Bonchev–Trinajstić information content (AvgIpc) is 3.27. The molecule has 0 aromatic heterocycles. The maximum Gasteiger partial charge on any atom is 0.305 e. The van der Waals surface area contributed by atoms with E-state index in [-0.39, 0.29) is 5.97 Å². The van der Waals surface area contributed by atoms with E-state index < -0.39 is 0 Å². The zero-order chi connectivity index (χ0) is 44.9. The fourth-order valence-corrected chi connectivity index (χ4v) is 7.95. The van der Waals surface area contributed by atoms with Gasteiger partial charge in [0, 0.05) is 32.6 Å².